The van der Waals surface area contributed by atoms with Crippen molar-refractivity contribution < 1.29 is 14.3 Å². The van der Waals surface area contributed by atoms with Gasteiger partial charge in [-0.2, -0.15) is 0 Å². The molecule has 1 fully saturated rings. The Bertz CT molecular complexity index is 782. The van der Waals surface area contributed by atoms with E-state index >= 15 is 0 Å². The average molecular weight is 381 g/mol. The minimum absolute atomic E-state index is 0.415. The molecule has 2 aromatic rings. The summed E-state index contributed by atoms with van der Waals surface area (Å²) in [7, 11) is 1.57. The van der Waals surface area contributed by atoms with Crippen LogP contribution >= 0.6 is 0 Å². The first kappa shape index (κ1) is 19.7. The van der Waals surface area contributed by atoms with Crippen molar-refractivity contribution in [3.63, 3.8) is 0 Å². The molecular weight excluding hydrogens is 354 g/mol. The molecule has 0 aromatic heterocycles. The first-order valence-corrected chi connectivity index (χ1v) is 9.73. The maximum Gasteiger partial charge on any atom is 0.313 e. The van der Waals surface area contributed by atoms with Crippen LogP contribution in [0.15, 0.2) is 48.5 Å². The van der Waals surface area contributed by atoms with Crippen LogP contribution in [0.25, 0.3) is 0 Å². The van der Waals surface area contributed by atoms with Gasteiger partial charge in [0.2, 0.25) is 0 Å². The molecule has 0 aliphatic carbocycles. The standard InChI is InChI=1S/C22H27N3O3/c1-28-20-11-7-18(8-12-20)24-22(27)21(26)23-14-13-17-5-9-19(10-6-17)25-15-3-2-4-16-25/h5-12H,2-4,13-16H2,1H3,(H,23,26)(H,24,27). The number of amides is 2. The van der Waals surface area contributed by atoms with Crippen LogP contribution in [0.1, 0.15) is 24.8 Å². The van der Waals surface area contributed by atoms with Gasteiger partial charge in [-0.3, -0.25) is 9.59 Å². The molecule has 6 nitrogen and oxygen atoms in total. The van der Waals surface area contributed by atoms with Crippen LogP contribution in [0, 0.1) is 0 Å². The summed E-state index contributed by atoms with van der Waals surface area (Å²) in [5.74, 6) is -0.625. The number of piperidine rings is 1. The number of hydrogen-bond acceptors (Lipinski definition) is 4. The van der Waals surface area contributed by atoms with Crippen molar-refractivity contribution >= 4 is 23.2 Å². The normalized spacial score (nSPS) is 13.7. The molecule has 1 saturated heterocycles. The van der Waals surface area contributed by atoms with E-state index in [1.165, 1.54) is 24.9 Å². The van der Waals surface area contributed by atoms with Crippen LogP contribution in [-0.4, -0.2) is 38.6 Å². The molecule has 1 heterocycles. The Balaban J connectivity index is 1.42. The topological polar surface area (TPSA) is 70.7 Å². The predicted octanol–water partition coefficient (Wildman–Crippen LogP) is 2.98. The van der Waals surface area contributed by atoms with E-state index in [0.717, 1.165) is 18.7 Å². The molecule has 1 aliphatic heterocycles. The molecule has 0 radical (unpaired) electrons. The van der Waals surface area contributed by atoms with Gasteiger partial charge in [-0.05, 0) is 67.6 Å². The Labute approximate surface area is 165 Å². The third-order valence-corrected chi connectivity index (χ3v) is 4.91. The SMILES string of the molecule is COc1ccc(NC(=O)C(=O)NCCc2ccc(N3CCCCC3)cc2)cc1. The van der Waals surface area contributed by atoms with E-state index in [0.29, 0.717) is 24.4 Å². The lowest BCUT2D eigenvalue weighted by Crippen LogP contribution is -2.36. The van der Waals surface area contributed by atoms with E-state index in [1.54, 1.807) is 31.4 Å². The number of anilines is 2. The molecule has 0 unspecified atom stereocenters. The van der Waals surface area contributed by atoms with E-state index in [4.69, 9.17) is 4.74 Å². The quantitative estimate of drug-likeness (QED) is 0.755. The fourth-order valence-electron chi connectivity index (χ4n) is 3.29. The summed E-state index contributed by atoms with van der Waals surface area (Å²) in [6.45, 7) is 2.66. The minimum Gasteiger partial charge on any atom is -0.497 e. The lowest BCUT2D eigenvalue weighted by molar-refractivity contribution is -0.136. The van der Waals surface area contributed by atoms with Crippen molar-refractivity contribution in [1.29, 1.82) is 0 Å². The van der Waals surface area contributed by atoms with E-state index < -0.39 is 11.8 Å². The highest BCUT2D eigenvalue weighted by molar-refractivity contribution is 6.39. The second kappa shape index (κ2) is 9.78. The van der Waals surface area contributed by atoms with Gasteiger partial charge in [0.25, 0.3) is 0 Å². The van der Waals surface area contributed by atoms with Crippen molar-refractivity contribution in [2.24, 2.45) is 0 Å². The maximum atomic E-state index is 12.0. The summed E-state index contributed by atoms with van der Waals surface area (Å²) in [5.41, 5.74) is 2.94. The first-order chi connectivity index (χ1) is 13.7. The van der Waals surface area contributed by atoms with E-state index in [9.17, 15) is 9.59 Å². The van der Waals surface area contributed by atoms with Gasteiger partial charge in [-0.15, -0.1) is 0 Å². The molecule has 0 saturated carbocycles. The zero-order valence-corrected chi connectivity index (χ0v) is 16.2. The first-order valence-electron chi connectivity index (χ1n) is 9.73. The predicted molar refractivity (Wildman–Crippen MR) is 111 cm³/mol. The lowest BCUT2D eigenvalue weighted by atomic mass is 10.1. The molecule has 28 heavy (non-hydrogen) atoms. The number of nitrogens with one attached hydrogen (secondary N) is 2. The third kappa shape index (κ3) is 5.49. The molecule has 6 heteroatoms. The lowest BCUT2D eigenvalue weighted by Gasteiger charge is -2.28. The second-order valence-electron chi connectivity index (χ2n) is 6.90. The molecule has 148 valence electrons. The summed E-state index contributed by atoms with van der Waals surface area (Å²) in [6, 6.07) is 15.3. The Kier molecular flexibility index (Phi) is 6.89. The van der Waals surface area contributed by atoms with Crippen LogP contribution in [0.2, 0.25) is 0 Å². The zero-order valence-electron chi connectivity index (χ0n) is 16.2. The molecule has 3 rings (SSSR count). The van der Waals surface area contributed by atoms with Gasteiger partial charge in [0, 0.05) is 31.0 Å². The van der Waals surface area contributed by atoms with E-state index in [1.807, 2.05) is 0 Å². The number of carbonyl (C=O) groups is 2. The molecule has 2 N–H and O–H groups in total. The highest BCUT2D eigenvalue weighted by Gasteiger charge is 2.13. The fraction of sp³-hybridized carbons (Fsp3) is 0.364. The highest BCUT2D eigenvalue weighted by atomic mass is 16.5. The summed E-state index contributed by atoms with van der Waals surface area (Å²) >= 11 is 0. The molecule has 2 amide bonds. The van der Waals surface area contributed by atoms with Gasteiger partial charge in [-0.25, -0.2) is 0 Å². The number of benzene rings is 2. The van der Waals surface area contributed by atoms with Crippen molar-refractivity contribution in [3.8, 4) is 5.75 Å². The van der Waals surface area contributed by atoms with Gasteiger partial charge in [0.15, 0.2) is 0 Å². The number of carbonyl (C=O) groups excluding carboxylic acids is 2. The van der Waals surface area contributed by atoms with Crippen molar-refractivity contribution in [1.82, 2.24) is 5.32 Å². The van der Waals surface area contributed by atoms with Crippen LogP contribution < -0.4 is 20.3 Å². The summed E-state index contributed by atoms with van der Waals surface area (Å²) in [6.07, 6.45) is 4.51. The number of ether oxygens (including phenoxy) is 1. The van der Waals surface area contributed by atoms with Gasteiger partial charge in [0.1, 0.15) is 5.75 Å². The van der Waals surface area contributed by atoms with Crippen molar-refractivity contribution in [2.75, 3.05) is 37.0 Å². The van der Waals surface area contributed by atoms with Crippen LogP contribution in [0.3, 0.4) is 0 Å². The summed E-state index contributed by atoms with van der Waals surface area (Å²) in [4.78, 5) is 26.4. The largest absolute Gasteiger partial charge is 0.497 e. The Morgan fingerprint density at radius 2 is 1.61 bits per heavy atom. The summed E-state index contributed by atoms with van der Waals surface area (Å²) < 4.78 is 5.06. The monoisotopic (exact) mass is 381 g/mol. The smallest absolute Gasteiger partial charge is 0.313 e. The second-order valence-corrected chi connectivity index (χ2v) is 6.90. The Hall–Kier alpha value is -3.02. The van der Waals surface area contributed by atoms with Gasteiger partial charge < -0.3 is 20.3 Å². The van der Waals surface area contributed by atoms with Crippen molar-refractivity contribution in [2.45, 2.75) is 25.7 Å². The van der Waals surface area contributed by atoms with Crippen molar-refractivity contribution in [3.05, 3.63) is 54.1 Å². The van der Waals surface area contributed by atoms with Gasteiger partial charge >= 0.3 is 11.8 Å². The molecule has 1 aliphatic rings. The van der Waals surface area contributed by atoms with E-state index in [-0.39, 0.29) is 0 Å². The number of methoxy groups -OCH3 is 1. The van der Waals surface area contributed by atoms with Crippen LogP contribution in [-0.2, 0) is 16.0 Å². The van der Waals surface area contributed by atoms with Crippen LogP contribution in [0.4, 0.5) is 11.4 Å². The van der Waals surface area contributed by atoms with E-state index in [2.05, 4.69) is 39.8 Å². The number of hydrogen-bond donors (Lipinski definition) is 2. The Morgan fingerprint density at radius 1 is 0.929 bits per heavy atom. The molecule has 0 spiro atoms. The number of nitrogens with zero attached hydrogens (tertiary/aromatic N) is 1. The summed E-state index contributed by atoms with van der Waals surface area (Å²) in [5, 5.41) is 5.24. The van der Waals surface area contributed by atoms with Gasteiger partial charge in [-0.1, -0.05) is 12.1 Å². The molecule has 0 bridgehead atoms. The highest BCUT2D eigenvalue weighted by Crippen LogP contribution is 2.20. The third-order valence-electron chi connectivity index (χ3n) is 4.91. The average Bonchev–Trinajstić information content (AvgIpc) is 2.75. The van der Waals surface area contributed by atoms with Gasteiger partial charge in [0.05, 0.1) is 7.11 Å². The fourth-order valence-corrected chi connectivity index (χ4v) is 3.29. The minimum atomic E-state index is -0.675. The molecule has 2 aromatic carbocycles. The van der Waals surface area contributed by atoms with Crippen LogP contribution in [0.5, 0.6) is 5.75 Å². The molecular formula is C22H27N3O3. The Morgan fingerprint density at radius 3 is 2.25 bits per heavy atom. The maximum absolute atomic E-state index is 12.0. The number of rotatable bonds is 6. The zero-order chi connectivity index (χ0) is 19.8. The molecule has 0 atom stereocenters.